The molecule has 3 N–H and O–H groups in total. The number of benzene rings is 1. The molecule has 0 radical (unpaired) electrons. The van der Waals surface area contributed by atoms with Crippen LogP contribution < -0.4 is 10.6 Å². The van der Waals surface area contributed by atoms with Gasteiger partial charge in [0.05, 0.1) is 18.6 Å². The summed E-state index contributed by atoms with van der Waals surface area (Å²) in [4.78, 5) is 24.1. The van der Waals surface area contributed by atoms with Gasteiger partial charge in [0.15, 0.2) is 0 Å². The molecule has 1 aromatic rings. The van der Waals surface area contributed by atoms with Crippen molar-refractivity contribution in [1.29, 1.82) is 0 Å². The van der Waals surface area contributed by atoms with Crippen LogP contribution in [-0.4, -0.2) is 29.1 Å². The van der Waals surface area contributed by atoms with Crippen LogP contribution in [0.2, 0.25) is 0 Å². The van der Waals surface area contributed by atoms with Crippen LogP contribution in [-0.2, 0) is 16.0 Å². The summed E-state index contributed by atoms with van der Waals surface area (Å²) < 4.78 is 0. The molecule has 5 heteroatoms. The molecule has 0 spiro atoms. The quantitative estimate of drug-likeness (QED) is 0.665. The number of aliphatic hydroxyl groups excluding tert-OH is 1. The molecule has 0 heterocycles. The fourth-order valence-corrected chi connectivity index (χ4v) is 3.39. The van der Waals surface area contributed by atoms with Crippen molar-refractivity contribution in [1.82, 2.24) is 5.32 Å². The van der Waals surface area contributed by atoms with Gasteiger partial charge in [-0.05, 0) is 43.9 Å². The molecule has 1 aliphatic rings. The van der Waals surface area contributed by atoms with Gasteiger partial charge < -0.3 is 15.7 Å². The Balaban J connectivity index is 1.75. The Morgan fingerprint density at radius 2 is 1.73 bits per heavy atom. The summed E-state index contributed by atoms with van der Waals surface area (Å²) in [5, 5.41) is 14.9. The summed E-state index contributed by atoms with van der Waals surface area (Å²) in [7, 11) is 0. The van der Waals surface area contributed by atoms with Gasteiger partial charge in [-0.1, -0.05) is 44.2 Å². The summed E-state index contributed by atoms with van der Waals surface area (Å²) >= 11 is 0. The van der Waals surface area contributed by atoms with Crippen LogP contribution >= 0.6 is 0 Å². The zero-order chi connectivity index (χ0) is 19.0. The normalized spacial score (nSPS) is 15.5. The lowest BCUT2D eigenvalue weighted by atomic mass is 9.86. The molecule has 0 atom stereocenters. The third kappa shape index (κ3) is 7.16. The first-order chi connectivity index (χ1) is 12.4. The third-order valence-electron chi connectivity index (χ3n) is 4.98. The molecule has 1 aromatic carbocycles. The SMILES string of the molecule is CC(C)(CO)NC(=O)Cc1ccc(NC(=O)CCC2CCCCC2)cc1. The van der Waals surface area contributed by atoms with Gasteiger partial charge in [0, 0.05) is 12.1 Å². The van der Waals surface area contributed by atoms with Crippen molar-refractivity contribution in [2.45, 2.75) is 70.8 Å². The van der Waals surface area contributed by atoms with E-state index in [1.165, 1.54) is 32.1 Å². The van der Waals surface area contributed by atoms with Gasteiger partial charge in [-0.25, -0.2) is 0 Å². The summed E-state index contributed by atoms with van der Waals surface area (Å²) in [5.41, 5.74) is 1.01. The van der Waals surface area contributed by atoms with Crippen molar-refractivity contribution in [2.75, 3.05) is 11.9 Å². The number of hydrogen-bond acceptors (Lipinski definition) is 3. The number of nitrogens with one attached hydrogen (secondary N) is 2. The molecule has 1 fully saturated rings. The van der Waals surface area contributed by atoms with Gasteiger partial charge in [-0.15, -0.1) is 0 Å². The van der Waals surface area contributed by atoms with E-state index in [4.69, 9.17) is 0 Å². The van der Waals surface area contributed by atoms with Crippen molar-refractivity contribution >= 4 is 17.5 Å². The summed E-state index contributed by atoms with van der Waals surface area (Å²) in [6.07, 6.45) is 8.27. The Bertz CT molecular complexity index is 590. The molecular formula is C21H32N2O3. The van der Waals surface area contributed by atoms with Crippen LogP contribution in [0.15, 0.2) is 24.3 Å². The second-order valence-electron chi connectivity index (χ2n) is 8.05. The lowest BCUT2D eigenvalue weighted by Crippen LogP contribution is -2.46. The highest BCUT2D eigenvalue weighted by molar-refractivity contribution is 5.90. The highest BCUT2D eigenvalue weighted by Crippen LogP contribution is 2.27. The lowest BCUT2D eigenvalue weighted by molar-refractivity contribution is -0.122. The average molecular weight is 360 g/mol. The number of amides is 2. The van der Waals surface area contributed by atoms with Crippen LogP contribution in [0.3, 0.4) is 0 Å². The largest absolute Gasteiger partial charge is 0.394 e. The molecular weight excluding hydrogens is 328 g/mol. The van der Waals surface area contributed by atoms with Crippen LogP contribution in [0.5, 0.6) is 0 Å². The van der Waals surface area contributed by atoms with Gasteiger partial charge >= 0.3 is 0 Å². The minimum absolute atomic E-state index is 0.0609. The summed E-state index contributed by atoms with van der Waals surface area (Å²) in [6, 6.07) is 7.36. The maximum atomic E-state index is 12.1. The van der Waals surface area contributed by atoms with E-state index in [1.54, 1.807) is 13.8 Å². The molecule has 5 nitrogen and oxygen atoms in total. The lowest BCUT2D eigenvalue weighted by Gasteiger charge is -2.23. The Hall–Kier alpha value is -1.88. The van der Waals surface area contributed by atoms with Crippen LogP contribution in [0.4, 0.5) is 5.69 Å². The molecule has 2 amide bonds. The fraction of sp³-hybridized carbons (Fsp3) is 0.619. The van der Waals surface area contributed by atoms with Gasteiger partial charge in [-0.2, -0.15) is 0 Å². The molecule has 0 aromatic heterocycles. The molecule has 0 saturated heterocycles. The summed E-state index contributed by atoms with van der Waals surface area (Å²) in [6.45, 7) is 3.44. The van der Waals surface area contributed by atoms with Crippen LogP contribution in [0, 0.1) is 5.92 Å². The molecule has 0 aliphatic heterocycles. The van der Waals surface area contributed by atoms with Gasteiger partial charge in [0.1, 0.15) is 0 Å². The van der Waals surface area contributed by atoms with E-state index in [0.29, 0.717) is 12.3 Å². The number of aliphatic hydroxyl groups is 1. The first-order valence-corrected chi connectivity index (χ1v) is 9.68. The van der Waals surface area contributed by atoms with Crippen molar-refractivity contribution < 1.29 is 14.7 Å². The predicted molar refractivity (Wildman–Crippen MR) is 104 cm³/mol. The van der Waals surface area contributed by atoms with Gasteiger partial charge in [-0.3, -0.25) is 9.59 Å². The van der Waals surface area contributed by atoms with Gasteiger partial charge in [0.25, 0.3) is 0 Å². The Morgan fingerprint density at radius 3 is 2.35 bits per heavy atom. The second kappa shape index (κ2) is 9.72. The smallest absolute Gasteiger partial charge is 0.224 e. The van der Waals surface area contributed by atoms with E-state index in [-0.39, 0.29) is 24.8 Å². The predicted octanol–water partition coefficient (Wildman–Crippen LogP) is 3.42. The molecule has 144 valence electrons. The highest BCUT2D eigenvalue weighted by Gasteiger charge is 2.19. The monoisotopic (exact) mass is 360 g/mol. The maximum absolute atomic E-state index is 12.1. The highest BCUT2D eigenvalue weighted by atomic mass is 16.3. The molecule has 2 rings (SSSR count). The Morgan fingerprint density at radius 1 is 1.08 bits per heavy atom. The number of hydrogen-bond donors (Lipinski definition) is 3. The number of carbonyl (C=O) groups is 2. The zero-order valence-electron chi connectivity index (χ0n) is 16.0. The third-order valence-corrected chi connectivity index (χ3v) is 4.98. The molecule has 26 heavy (non-hydrogen) atoms. The van der Waals surface area contributed by atoms with Crippen molar-refractivity contribution in [3.05, 3.63) is 29.8 Å². The minimum Gasteiger partial charge on any atom is -0.394 e. The standard InChI is InChI=1S/C21H32N2O3/c1-21(2,15-24)23-20(26)14-17-8-11-18(12-9-17)22-19(25)13-10-16-6-4-3-5-7-16/h8-9,11-12,16,24H,3-7,10,13-15H2,1-2H3,(H,22,25)(H,23,26). The van der Waals surface area contributed by atoms with Crippen molar-refractivity contribution in [2.24, 2.45) is 5.92 Å². The topological polar surface area (TPSA) is 78.4 Å². The van der Waals surface area contributed by atoms with E-state index >= 15 is 0 Å². The van der Waals surface area contributed by atoms with E-state index in [1.807, 2.05) is 24.3 Å². The maximum Gasteiger partial charge on any atom is 0.224 e. The number of rotatable bonds is 8. The van der Waals surface area contributed by atoms with E-state index in [2.05, 4.69) is 10.6 Å². The fourth-order valence-electron chi connectivity index (χ4n) is 3.39. The van der Waals surface area contributed by atoms with Crippen LogP contribution in [0.25, 0.3) is 0 Å². The number of carbonyl (C=O) groups excluding carboxylic acids is 2. The minimum atomic E-state index is -0.622. The molecule has 1 aliphatic carbocycles. The first-order valence-electron chi connectivity index (χ1n) is 9.68. The Labute approximate surface area is 156 Å². The first kappa shape index (κ1) is 20.4. The van der Waals surface area contributed by atoms with Crippen LogP contribution in [0.1, 0.15) is 64.4 Å². The van der Waals surface area contributed by atoms with Gasteiger partial charge in [0.2, 0.25) is 11.8 Å². The number of anilines is 1. The van der Waals surface area contributed by atoms with Crippen molar-refractivity contribution in [3.8, 4) is 0 Å². The second-order valence-corrected chi connectivity index (χ2v) is 8.05. The summed E-state index contributed by atoms with van der Waals surface area (Å²) in [5.74, 6) is 0.637. The van der Waals surface area contributed by atoms with E-state index in [9.17, 15) is 14.7 Å². The zero-order valence-corrected chi connectivity index (χ0v) is 16.0. The molecule has 0 bridgehead atoms. The molecule has 0 unspecified atom stereocenters. The van der Waals surface area contributed by atoms with Crippen molar-refractivity contribution in [3.63, 3.8) is 0 Å². The van der Waals surface area contributed by atoms with E-state index < -0.39 is 5.54 Å². The average Bonchev–Trinajstić information content (AvgIpc) is 2.62. The Kier molecular flexibility index (Phi) is 7.64. The van der Waals surface area contributed by atoms with E-state index in [0.717, 1.165) is 17.7 Å². The molecule has 1 saturated carbocycles.